The Bertz CT molecular complexity index is 816. The topological polar surface area (TPSA) is 32.8 Å². The molecule has 0 spiro atoms. The van der Waals surface area contributed by atoms with Crippen LogP contribution in [0, 0.1) is 0 Å². The van der Waals surface area contributed by atoms with Crippen molar-refractivity contribution in [1.29, 1.82) is 0 Å². The van der Waals surface area contributed by atoms with Gasteiger partial charge in [0.15, 0.2) is 0 Å². The molecule has 4 heteroatoms. The van der Waals surface area contributed by atoms with Gasteiger partial charge in [-0.25, -0.2) is 4.79 Å². The molecule has 2 aromatic carbocycles. The molecular weight excluding hydrogens is 384 g/mol. The van der Waals surface area contributed by atoms with E-state index < -0.39 is 5.41 Å². The summed E-state index contributed by atoms with van der Waals surface area (Å²) in [7, 11) is 4.20. The number of nitrogens with zero attached hydrogens (tertiary/aromatic N) is 2. The van der Waals surface area contributed by atoms with Crippen LogP contribution in [0.5, 0.6) is 0 Å². The van der Waals surface area contributed by atoms with Crippen molar-refractivity contribution in [1.82, 2.24) is 9.80 Å². The molecule has 1 aliphatic rings. The van der Waals surface area contributed by atoms with Crippen LogP contribution in [0.25, 0.3) is 0 Å². The summed E-state index contributed by atoms with van der Waals surface area (Å²) in [5, 5.41) is 0. The standard InChI is InChI=1S/C27H36N2O2/c1-5-25(31-26(30)29-19-13-8-14-20-29)27(21-22(2)28(3)4,23-15-9-6-10-16-23)24-17-11-7-12-18-24/h5-7,9-12,15-18,22H,8,13-14,19-21H2,1-4H3/b25-5-. The molecule has 3 rings (SSSR count). The molecule has 0 saturated carbocycles. The number of allylic oxidation sites excluding steroid dienone is 2. The molecule has 1 saturated heterocycles. The molecule has 0 bridgehead atoms. The maximum Gasteiger partial charge on any atom is 0.414 e. The van der Waals surface area contributed by atoms with Crippen molar-refractivity contribution in [2.24, 2.45) is 0 Å². The fourth-order valence-electron chi connectivity index (χ4n) is 4.49. The van der Waals surface area contributed by atoms with Crippen molar-refractivity contribution in [2.45, 2.75) is 51.0 Å². The van der Waals surface area contributed by atoms with Crippen molar-refractivity contribution >= 4 is 6.09 Å². The first-order valence-electron chi connectivity index (χ1n) is 11.4. The van der Waals surface area contributed by atoms with Gasteiger partial charge < -0.3 is 14.5 Å². The SMILES string of the molecule is C/C=C(\OC(=O)N1CCCCC1)C(CC(C)N(C)C)(c1ccccc1)c1ccccc1. The second-order valence-electron chi connectivity index (χ2n) is 8.72. The number of hydrogen-bond acceptors (Lipinski definition) is 3. The maximum absolute atomic E-state index is 13.1. The lowest BCUT2D eigenvalue weighted by atomic mass is 9.68. The molecule has 1 heterocycles. The molecular formula is C27H36N2O2. The summed E-state index contributed by atoms with van der Waals surface area (Å²) in [5.41, 5.74) is 1.70. The lowest BCUT2D eigenvalue weighted by Gasteiger charge is -2.40. The van der Waals surface area contributed by atoms with Gasteiger partial charge in [0.1, 0.15) is 5.76 Å². The number of carbonyl (C=O) groups is 1. The Morgan fingerprint density at radius 2 is 1.52 bits per heavy atom. The molecule has 1 amide bonds. The quantitative estimate of drug-likeness (QED) is 0.528. The maximum atomic E-state index is 13.1. The van der Waals surface area contributed by atoms with Gasteiger partial charge in [0.25, 0.3) is 0 Å². The molecule has 1 aliphatic heterocycles. The first-order chi connectivity index (χ1) is 15.0. The fourth-order valence-corrected chi connectivity index (χ4v) is 4.49. The van der Waals surface area contributed by atoms with Gasteiger partial charge in [0, 0.05) is 19.1 Å². The van der Waals surface area contributed by atoms with Gasteiger partial charge in [-0.3, -0.25) is 0 Å². The van der Waals surface area contributed by atoms with Crippen LogP contribution < -0.4 is 0 Å². The fraction of sp³-hybridized carbons (Fsp3) is 0.444. The van der Waals surface area contributed by atoms with Crippen LogP contribution in [0.1, 0.15) is 50.7 Å². The third-order valence-corrected chi connectivity index (χ3v) is 6.51. The number of benzene rings is 2. The number of rotatable bonds is 7. The molecule has 1 unspecified atom stereocenters. The predicted octanol–water partition coefficient (Wildman–Crippen LogP) is 5.84. The van der Waals surface area contributed by atoms with Crippen LogP contribution in [0.4, 0.5) is 4.79 Å². The van der Waals surface area contributed by atoms with E-state index in [1.165, 1.54) is 6.42 Å². The minimum Gasteiger partial charge on any atom is -0.414 e. The van der Waals surface area contributed by atoms with Gasteiger partial charge in [0.2, 0.25) is 0 Å². The Morgan fingerprint density at radius 1 is 1.00 bits per heavy atom. The first kappa shape index (κ1) is 23.1. The zero-order valence-electron chi connectivity index (χ0n) is 19.4. The minimum atomic E-state index is -0.563. The van der Waals surface area contributed by atoms with E-state index in [0.717, 1.165) is 43.5 Å². The second-order valence-corrected chi connectivity index (χ2v) is 8.72. The minimum absolute atomic E-state index is 0.235. The summed E-state index contributed by atoms with van der Waals surface area (Å²) in [6.45, 7) is 5.74. The van der Waals surface area contributed by atoms with Crippen LogP contribution in [-0.2, 0) is 10.2 Å². The van der Waals surface area contributed by atoms with Crippen molar-refractivity contribution in [2.75, 3.05) is 27.2 Å². The Balaban J connectivity index is 2.11. The summed E-state index contributed by atoms with van der Waals surface area (Å²) in [6, 6.07) is 21.2. The molecule has 31 heavy (non-hydrogen) atoms. The average Bonchev–Trinajstić information content (AvgIpc) is 2.82. The van der Waals surface area contributed by atoms with Gasteiger partial charge in [0.05, 0.1) is 5.41 Å². The molecule has 0 aromatic heterocycles. The van der Waals surface area contributed by atoms with Gasteiger partial charge in [-0.05, 0) is 70.8 Å². The van der Waals surface area contributed by atoms with E-state index in [9.17, 15) is 4.79 Å². The lowest BCUT2D eigenvalue weighted by Crippen LogP contribution is -2.42. The largest absolute Gasteiger partial charge is 0.414 e. The number of amides is 1. The van der Waals surface area contributed by atoms with E-state index in [0.29, 0.717) is 5.76 Å². The number of likely N-dealkylation sites (tertiary alicyclic amines) is 1. The molecule has 166 valence electrons. The van der Waals surface area contributed by atoms with Crippen LogP contribution in [0.2, 0.25) is 0 Å². The first-order valence-corrected chi connectivity index (χ1v) is 11.4. The Hall–Kier alpha value is -2.59. The number of ether oxygens (including phenoxy) is 1. The lowest BCUT2D eigenvalue weighted by molar-refractivity contribution is 0.106. The second kappa shape index (κ2) is 10.6. The van der Waals surface area contributed by atoms with E-state index >= 15 is 0 Å². The average molecular weight is 421 g/mol. The third-order valence-electron chi connectivity index (χ3n) is 6.51. The van der Waals surface area contributed by atoms with Gasteiger partial charge in [-0.15, -0.1) is 0 Å². The van der Waals surface area contributed by atoms with Crippen LogP contribution >= 0.6 is 0 Å². The van der Waals surface area contributed by atoms with Crippen LogP contribution in [0.15, 0.2) is 72.5 Å². The van der Waals surface area contributed by atoms with Crippen molar-refractivity contribution < 1.29 is 9.53 Å². The van der Waals surface area contributed by atoms with E-state index in [1.807, 2.05) is 30.0 Å². The predicted molar refractivity (Wildman–Crippen MR) is 127 cm³/mol. The molecule has 0 N–H and O–H groups in total. The van der Waals surface area contributed by atoms with Gasteiger partial charge >= 0.3 is 6.09 Å². The van der Waals surface area contributed by atoms with E-state index in [2.05, 4.69) is 74.4 Å². The number of hydrogen-bond donors (Lipinski definition) is 0. The summed E-state index contributed by atoms with van der Waals surface area (Å²) >= 11 is 0. The zero-order valence-corrected chi connectivity index (χ0v) is 19.4. The summed E-state index contributed by atoms with van der Waals surface area (Å²) in [6.07, 6.45) is 5.80. The molecule has 0 radical (unpaired) electrons. The van der Waals surface area contributed by atoms with E-state index in [1.54, 1.807) is 0 Å². The summed E-state index contributed by atoms with van der Waals surface area (Å²) in [5.74, 6) is 0.703. The Labute approximate surface area is 187 Å². The molecule has 2 aromatic rings. The highest BCUT2D eigenvalue weighted by molar-refractivity contribution is 5.70. The van der Waals surface area contributed by atoms with Gasteiger partial charge in [-0.1, -0.05) is 60.7 Å². The zero-order chi connectivity index (χ0) is 22.3. The third kappa shape index (κ3) is 5.19. The van der Waals surface area contributed by atoms with E-state index in [-0.39, 0.29) is 12.1 Å². The monoisotopic (exact) mass is 420 g/mol. The molecule has 1 atom stereocenters. The smallest absolute Gasteiger partial charge is 0.414 e. The van der Waals surface area contributed by atoms with E-state index in [4.69, 9.17) is 4.74 Å². The Morgan fingerprint density at radius 3 is 1.97 bits per heavy atom. The summed E-state index contributed by atoms with van der Waals surface area (Å²) < 4.78 is 6.22. The molecule has 4 nitrogen and oxygen atoms in total. The van der Waals surface area contributed by atoms with Crippen molar-refractivity contribution in [3.05, 3.63) is 83.6 Å². The van der Waals surface area contributed by atoms with Crippen molar-refractivity contribution in [3.8, 4) is 0 Å². The van der Waals surface area contributed by atoms with Crippen molar-refractivity contribution in [3.63, 3.8) is 0 Å². The molecule has 1 fully saturated rings. The number of piperidine rings is 1. The highest BCUT2D eigenvalue weighted by Crippen LogP contribution is 2.44. The number of carbonyl (C=O) groups excluding carboxylic acids is 1. The molecule has 0 aliphatic carbocycles. The highest BCUT2D eigenvalue weighted by atomic mass is 16.6. The van der Waals surface area contributed by atoms with Gasteiger partial charge in [-0.2, -0.15) is 0 Å². The van der Waals surface area contributed by atoms with Crippen LogP contribution in [0.3, 0.4) is 0 Å². The summed E-state index contributed by atoms with van der Waals surface area (Å²) in [4.78, 5) is 17.2. The normalized spacial score (nSPS) is 16.3. The Kier molecular flexibility index (Phi) is 7.91. The highest BCUT2D eigenvalue weighted by Gasteiger charge is 2.42. The van der Waals surface area contributed by atoms with Crippen LogP contribution in [-0.4, -0.2) is 49.1 Å².